The Labute approximate surface area is 167 Å². The number of aryl methyl sites for hydroxylation is 1. The number of aromatic nitrogens is 4. The second-order valence-corrected chi connectivity index (χ2v) is 8.00. The lowest BCUT2D eigenvalue weighted by Gasteiger charge is -2.29. The summed E-state index contributed by atoms with van der Waals surface area (Å²) in [4.78, 5) is 15.0. The first kappa shape index (κ1) is 20.0. The minimum Gasteiger partial charge on any atom is -0.332 e. The van der Waals surface area contributed by atoms with Crippen molar-refractivity contribution in [2.24, 2.45) is 7.05 Å². The van der Waals surface area contributed by atoms with Crippen molar-refractivity contribution >= 4 is 5.91 Å². The maximum Gasteiger partial charge on any atom is 0.435 e. The van der Waals surface area contributed by atoms with Gasteiger partial charge in [-0.3, -0.25) is 14.2 Å². The van der Waals surface area contributed by atoms with Gasteiger partial charge in [0.1, 0.15) is 6.54 Å². The van der Waals surface area contributed by atoms with E-state index in [1.54, 1.807) is 9.58 Å². The van der Waals surface area contributed by atoms with E-state index in [-0.39, 0.29) is 24.1 Å². The average molecular weight is 409 g/mol. The van der Waals surface area contributed by atoms with Gasteiger partial charge in [0, 0.05) is 31.0 Å². The first-order chi connectivity index (χ1) is 13.8. The van der Waals surface area contributed by atoms with Crippen LogP contribution in [-0.2, 0) is 37.4 Å². The zero-order chi connectivity index (χ0) is 20.6. The molecule has 0 radical (unpaired) electrons. The molecule has 0 spiro atoms. The molecule has 1 atom stereocenters. The molecule has 1 amide bonds. The normalized spacial score (nSPS) is 20.4. The molecule has 2 aromatic rings. The van der Waals surface area contributed by atoms with E-state index in [0.29, 0.717) is 25.1 Å². The van der Waals surface area contributed by atoms with Crippen LogP contribution in [-0.4, -0.2) is 36.9 Å². The van der Waals surface area contributed by atoms with Gasteiger partial charge in [0.2, 0.25) is 5.91 Å². The van der Waals surface area contributed by atoms with Gasteiger partial charge < -0.3 is 4.90 Å². The topological polar surface area (TPSA) is 56.0 Å². The number of hydrogen-bond donors (Lipinski definition) is 0. The summed E-state index contributed by atoms with van der Waals surface area (Å²) in [7, 11) is 1.83. The van der Waals surface area contributed by atoms with E-state index >= 15 is 0 Å². The Bertz CT molecular complexity index is 885. The Balaban J connectivity index is 1.61. The molecule has 1 fully saturated rings. The highest BCUT2D eigenvalue weighted by Crippen LogP contribution is 2.36. The average Bonchev–Trinajstić information content (AvgIpc) is 3.17. The molecule has 3 heterocycles. The van der Waals surface area contributed by atoms with Crippen LogP contribution < -0.4 is 0 Å². The van der Waals surface area contributed by atoms with Crippen LogP contribution in [0.3, 0.4) is 0 Å². The third-order valence-electron chi connectivity index (χ3n) is 5.96. The van der Waals surface area contributed by atoms with Gasteiger partial charge in [0.15, 0.2) is 5.69 Å². The predicted molar refractivity (Wildman–Crippen MR) is 100 cm³/mol. The van der Waals surface area contributed by atoms with Gasteiger partial charge in [-0.05, 0) is 44.6 Å². The van der Waals surface area contributed by atoms with Gasteiger partial charge in [0.05, 0.1) is 11.7 Å². The van der Waals surface area contributed by atoms with Crippen molar-refractivity contribution in [3.63, 3.8) is 0 Å². The van der Waals surface area contributed by atoms with Gasteiger partial charge in [-0.2, -0.15) is 23.4 Å². The summed E-state index contributed by atoms with van der Waals surface area (Å²) in [6.07, 6.45) is 3.55. The van der Waals surface area contributed by atoms with Gasteiger partial charge in [-0.25, -0.2) is 0 Å². The van der Waals surface area contributed by atoms with Crippen LogP contribution in [0.5, 0.6) is 0 Å². The van der Waals surface area contributed by atoms with Crippen LogP contribution in [0.25, 0.3) is 0 Å². The molecular weight excluding hydrogens is 383 g/mol. The standard InChI is InChI=1S/C20H26F3N5O/c1-26-12-10-15(24-26)17-9-3-2-6-11-27(17)18(29)13-28-16-8-5-4-7-14(16)19(25-28)20(21,22)23/h10,12,17H,2-9,11,13H2,1H3/t17-/m1/s1. The molecule has 0 N–H and O–H groups in total. The largest absolute Gasteiger partial charge is 0.435 e. The monoisotopic (exact) mass is 409 g/mol. The summed E-state index contributed by atoms with van der Waals surface area (Å²) < 4.78 is 43.3. The van der Waals surface area contributed by atoms with Crippen molar-refractivity contribution < 1.29 is 18.0 Å². The molecule has 6 nitrogen and oxygen atoms in total. The zero-order valence-corrected chi connectivity index (χ0v) is 16.6. The second-order valence-electron chi connectivity index (χ2n) is 8.00. The Kier molecular flexibility index (Phi) is 5.40. The van der Waals surface area contributed by atoms with E-state index in [9.17, 15) is 18.0 Å². The van der Waals surface area contributed by atoms with E-state index in [2.05, 4.69) is 10.2 Å². The molecule has 4 rings (SSSR count). The number of carbonyl (C=O) groups is 1. The van der Waals surface area contributed by atoms with E-state index in [1.165, 1.54) is 4.68 Å². The first-order valence-electron chi connectivity index (χ1n) is 10.3. The fraction of sp³-hybridized carbons (Fsp3) is 0.650. The van der Waals surface area contributed by atoms with Crippen LogP contribution in [0.4, 0.5) is 13.2 Å². The lowest BCUT2D eigenvalue weighted by atomic mass is 9.95. The Hall–Kier alpha value is -2.32. The number of likely N-dealkylation sites (tertiary alicyclic amines) is 1. The number of amides is 1. The van der Waals surface area contributed by atoms with Crippen LogP contribution in [0.1, 0.15) is 67.2 Å². The Morgan fingerprint density at radius 2 is 1.93 bits per heavy atom. The maximum atomic E-state index is 13.4. The van der Waals surface area contributed by atoms with Crippen molar-refractivity contribution in [2.75, 3.05) is 6.54 Å². The fourth-order valence-electron chi connectivity index (χ4n) is 4.57. The Morgan fingerprint density at radius 1 is 1.14 bits per heavy atom. The minimum atomic E-state index is -4.49. The molecule has 1 saturated heterocycles. The van der Waals surface area contributed by atoms with Crippen molar-refractivity contribution in [3.05, 3.63) is 34.9 Å². The van der Waals surface area contributed by atoms with Crippen LogP contribution in [0, 0.1) is 0 Å². The van der Waals surface area contributed by atoms with E-state index < -0.39 is 11.9 Å². The molecular formula is C20H26F3N5O. The molecule has 0 unspecified atom stereocenters. The summed E-state index contributed by atoms with van der Waals surface area (Å²) in [5, 5.41) is 8.32. The number of hydrogen-bond acceptors (Lipinski definition) is 3. The van der Waals surface area contributed by atoms with E-state index in [0.717, 1.165) is 44.2 Å². The molecule has 2 aliphatic rings. The molecule has 9 heteroatoms. The van der Waals surface area contributed by atoms with Crippen LogP contribution in [0.15, 0.2) is 12.3 Å². The third kappa shape index (κ3) is 4.04. The second kappa shape index (κ2) is 7.84. The maximum absolute atomic E-state index is 13.4. The highest BCUT2D eigenvalue weighted by atomic mass is 19.4. The molecule has 158 valence electrons. The highest BCUT2D eigenvalue weighted by Gasteiger charge is 2.40. The zero-order valence-electron chi connectivity index (χ0n) is 16.6. The summed E-state index contributed by atoms with van der Waals surface area (Å²) in [5.41, 5.74) is 0.855. The molecule has 1 aliphatic carbocycles. The SMILES string of the molecule is Cn1ccc([C@H]2CCCCCN2C(=O)Cn2nc(C(F)(F)F)c3c2CCCC3)n1. The molecule has 0 saturated carbocycles. The molecule has 29 heavy (non-hydrogen) atoms. The highest BCUT2D eigenvalue weighted by molar-refractivity contribution is 5.76. The van der Waals surface area contributed by atoms with E-state index in [4.69, 9.17) is 0 Å². The summed E-state index contributed by atoms with van der Waals surface area (Å²) in [6, 6.07) is 1.77. The molecule has 2 aromatic heterocycles. The number of halogens is 3. The predicted octanol–water partition coefficient (Wildman–Crippen LogP) is 3.66. The minimum absolute atomic E-state index is 0.139. The summed E-state index contributed by atoms with van der Waals surface area (Å²) in [6.45, 7) is 0.442. The fourth-order valence-corrected chi connectivity index (χ4v) is 4.57. The summed E-state index contributed by atoms with van der Waals surface area (Å²) in [5.74, 6) is -0.188. The molecule has 0 bridgehead atoms. The number of rotatable bonds is 3. The number of alkyl halides is 3. The van der Waals surface area contributed by atoms with Gasteiger partial charge >= 0.3 is 6.18 Å². The van der Waals surface area contributed by atoms with Gasteiger partial charge in [-0.15, -0.1) is 0 Å². The first-order valence-corrected chi connectivity index (χ1v) is 10.3. The number of carbonyl (C=O) groups excluding carboxylic acids is 1. The van der Waals surface area contributed by atoms with Crippen molar-refractivity contribution in [1.29, 1.82) is 0 Å². The van der Waals surface area contributed by atoms with Crippen LogP contribution >= 0.6 is 0 Å². The number of nitrogens with zero attached hydrogens (tertiary/aromatic N) is 5. The smallest absolute Gasteiger partial charge is 0.332 e. The lowest BCUT2D eigenvalue weighted by Crippen LogP contribution is -2.38. The van der Waals surface area contributed by atoms with Crippen molar-refractivity contribution in [1.82, 2.24) is 24.5 Å². The van der Waals surface area contributed by atoms with Crippen molar-refractivity contribution in [3.8, 4) is 0 Å². The van der Waals surface area contributed by atoms with E-state index in [1.807, 2.05) is 19.3 Å². The van der Waals surface area contributed by atoms with Gasteiger partial charge in [-0.1, -0.05) is 12.8 Å². The molecule has 0 aromatic carbocycles. The van der Waals surface area contributed by atoms with Crippen LogP contribution in [0.2, 0.25) is 0 Å². The molecule has 1 aliphatic heterocycles. The quantitative estimate of drug-likeness (QED) is 0.778. The summed E-state index contributed by atoms with van der Waals surface area (Å²) >= 11 is 0. The third-order valence-corrected chi connectivity index (χ3v) is 5.96. The Morgan fingerprint density at radius 3 is 2.66 bits per heavy atom. The van der Waals surface area contributed by atoms with Crippen molar-refractivity contribution in [2.45, 2.75) is 70.1 Å². The lowest BCUT2D eigenvalue weighted by molar-refractivity contribution is -0.143. The van der Waals surface area contributed by atoms with Gasteiger partial charge in [0.25, 0.3) is 0 Å². The number of fused-ring (bicyclic) bond motifs is 1.